The Morgan fingerprint density at radius 3 is 2.71 bits per heavy atom. The van der Waals surface area contributed by atoms with Crippen molar-refractivity contribution < 1.29 is 19.0 Å². The smallest absolute Gasteiger partial charge is 0.275 e. The molecule has 1 aliphatic carbocycles. The minimum atomic E-state index is -0.296. The van der Waals surface area contributed by atoms with Crippen molar-refractivity contribution in [2.75, 3.05) is 19.5 Å². The molecular formula is C24H22N4O5S. The fraction of sp³-hybridized carbons (Fsp3) is 0.250. The fourth-order valence-corrected chi connectivity index (χ4v) is 4.53. The quantitative estimate of drug-likeness (QED) is 0.410. The summed E-state index contributed by atoms with van der Waals surface area (Å²) in [5.74, 6) is 1.72. The lowest BCUT2D eigenvalue weighted by Crippen LogP contribution is -2.16. The Morgan fingerprint density at radius 2 is 1.94 bits per heavy atom. The van der Waals surface area contributed by atoms with Crippen molar-refractivity contribution in [3.8, 4) is 17.2 Å². The molecule has 174 valence electrons. The van der Waals surface area contributed by atoms with Crippen LogP contribution in [0.1, 0.15) is 39.8 Å². The van der Waals surface area contributed by atoms with Crippen LogP contribution in [0.5, 0.6) is 17.2 Å². The molecule has 34 heavy (non-hydrogen) atoms. The molecular weight excluding hydrogens is 456 g/mol. The van der Waals surface area contributed by atoms with Crippen LogP contribution in [0.4, 0.5) is 5.69 Å². The van der Waals surface area contributed by atoms with Gasteiger partial charge in [-0.25, -0.2) is 4.98 Å². The molecule has 5 rings (SSSR count). The van der Waals surface area contributed by atoms with E-state index < -0.39 is 0 Å². The molecule has 0 bridgehead atoms. The molecule has 0 saturated heterocycles. The third kappa shape index (κ3) is 4.58. The summed E-state index contributed by atoms with van der Waals surface area (Å²) in [7, 11) is 3.05. The summed E-state index contributed by atoms with van der Waals surface area (Å²) in [5.41, 5.74) is 1.30. The highest BCUT2D eigenvalue weighted by atomic mass is 32.1. The van der Waals surface area contributed by atoms with E-state index in [-0.39, 0.29) is 18.1 Å². The zero-order valence-corrected chi connectivity index (χ0v) is 19.4. The molecule has 0 spiro atoms. The normalized spacial score (nSPS) is 13.0. The number of rotatable bonds is 8. The first-order valence-electron chi connectivity index (χ1n) is 10.7. The van der Waals surface area contributed by atoms with E-state index in [0.29, 0.717) is 45.1 Å². The van der Waals surface area contributed by atoms with Crippen LogP contribution in [0.3, 0.4) is 0 Å². The Labute approximate surface area is 198 Å². The van der Waals surface area contributed by atoms with E-state index in [1.165, 1.54) is 36.1 Å². The molecule has 4 aromatic rings. The van der Waals surface area contributed by atoms with Crippen molar-refractivity contribution in [1.29, 1.82) is 0 Å². The maximum absolute atomic E-state index is 12.7. The van der Waals surface area contributed by atoms with Gasteiger partial charge in [0, 0.05) is 29.3 Å². The number of carbonyl (C=O) groups excluding carboxylic acids is 1. The highest BCUT2D eigenvalue weighted by molar-refractivity contribution is 7.16. The zero-order chi connectivity index (χ0) is 23.7. The van der Waals surface area contributed by atoms with Gasteiger partial charge in [0.1, 0.15) is 17.4 Å². The Kier molecular flexibility index (Phi) is 5.89. The molecule has 0 aliphatic heterocycles. The second kappa shape index (κ2) is 9.14. The van der Waals surface area contributed by atoms with Crippen molar-refractivity contribution in [3.63, 3.8) is 0 Å². The number of nitrogens with zero attached hydrogens (tertiary/aromatic N) is 3. The van der Waals surface area contributed by atoms with E-state index in [9.17, 15) is 9.59 Å². The van der Waals surface area contributed by atoms with E-state index >= 15 is 0 Å². The summed E-state index contributed by atoms with van der Waals surface area (Å²) in [5, 5.41) is 8.19. The summed E-state index contributed by atoms with van der Waals surface area (Å²) in [6, 6.07) is 13.4. The Hall–Kier alpha value is -3.92. The van der Waals surface area contributed by atoms with E-state index in [0.717, 1.165) is 17.8 Å². The topological polar surface area (TPSA) is 104 Å². The maximum Gasteiger partial charge on any atom is 0.275 e. The van der Waals surface area contributed by atoms with Gasteiger partial charge >= 0.3 is 0 Å². The van der Waals surface area contributed by atoms with Gasteiger partial charge in [-0.15, -0.1) is 0 Å². The largest absolute Gasteiger partial charge is 0.493 e. The van der Waals surface area contributed by atoms with Gasteiger partial charge in [0.2, 0.25) is 4.96 Å². The minimum Gasteiger partial charge on any atom is -0.493 e. The first kappa shape index (κ1) is 21.9. The van der Waals surface area contributed by atoms with Gasteiger partial charge in [0.25, 0.3) is 11.5 Å². The van der Waals surface area contributed by atoms with Gasteiger partial charge in [-0.05, 0) is 43.2 Å². The van der Waals surface area contributed by atoms with Crippen molar-refractivity contribution in [2.45, 2.75) is 25.4 Å². The zero-order valence-electron chi connectivity index (χ0n) is 18.6. The molecule has 9 nitrogen and oxygen atoms in total. The number of hydrogen-bond acceptors (Lipinski definition) is 8. The molecule has 1 fully saturated rings. The highest BCUT2D eigenvalue weighted by Crippen LogP contribution is 2.41. The van der Waals surface area contributed by atoms with Gasteiger partial charge in [-0.1, -0.05) is 17.4 Å². The molecule has 1 saturated carbocycles. The van der Waals surface area contributed by atoms with Crippen LogP contribution in [0, 0.1) is 0 Å². The maximum atomic E-state index is 12.7. The number of hydrogen-bond donors (Lipinski definition) is 1. The Morgan fingerprint density at radius 1 is 1.12 bits per heavy atom. The van der Waals surface area contributed by atoms with Gasteiger partial charge < -0.3 is 19.5 Å². The van der Waals surface area contributed by atoms with Crippen molar-refractivity contribution in [3.05, 3.63) is 75.1 Å². The lowest BCUT2D eigenvalue weighted by molar-refractivity contribution is 0.102. The third-order valence-corrected chi connectivity index (χ3v) is 6.44. The third-order valence-electron chi connectivity index (χ3n) is 5.36. The number of amides is 1. The first-order valence-corrected chi connectivity index (χ1v) is 11.5. The van der Waals surface area contributed by atoms with E-state index in [2.05, 4.69) is 15.4 Å². The predicted molar refractivity (Wildman–Crippen MR) is 127 cm³/mol. The van der Waals surface area contributed by atoms with Crippen molar-refractivity contribution in [1.82, 2.24) is 14.6 Å². The predicted octanol–water partition coefficient (Wildman–Crippen LogP) is 3.88. The monoisotopic (exact) mass is 478 g/mol. The Balaban J connectivity index is 1.27. The summed E-state index contributed by atoms with van der Waals surface area (Å²) in [6.07, 6.45) is 2.23. The van der Waals surface area contributed by atoms with Crippen molar-refractivity contribution >= 4 is 27.9 Å². The summed E-state index contributed by atoms with van der Waals surface area (Å²) < 4.78 is 17.7. The van der Waals surface area contributed by atoms with Crippen LogP contribution < -0.4 is 25.1 Å². The number of ether oxygens (including phenoxy) is 3. The fourth-order valence-electron chi connectivity index (χ4n) is 3.44. The van der Waals surface area contributed by atoms with Crippen LogP contribution in [0.2, 0.25) is 0 Å². The minimum absolute atomic E-state index is 0.121. The SMILES string of the molecule is COc1ccc(C(=O)Nc2cccc(OCc3cc(=O)n4nc(C5CC5)sc4n3)c2)cc1OC. The molecule has 1 aliphatic rings. The average Bonchev–Trinajstić information content (AvgIpc) is 3.61. The van der Waals surface area contributed by atoms with Gasteiger partial charge in [-0.3, -0.25) is 9.59 Å². The van der Waals surface area contributed by atoms with Gasteiger partial charge in [-0.2, -0.15) is 9.61 Å². The lowest BCUT2D eigenvalue weighted by atomic mass is 10.2. The Bertz CT molecular complexity index is 1430. The summed E-state index contributed by atoms with van der Waals surface area (Å²) >= 11 is 1.45. The van der Waals surface area contributed by atoms with E-state index in [1.807, 2.05) is 0 Å². The molecule has 1 amide bonds. The van der Waals surface area contributed by atoms with Crippen LogP contribution in [0.25, 0.3) is 4.96 Å². The van der Waals surface area contributed by atoms with Crippen LogP contribution in [-0.2, 0) is 6.61 Å². The first-order chi connectivity index (χ1) is 16.5. The number of carbonyl (C=O) groups is 1. The van der Waals surface area contributed by atoms with E-state index in [1.54, 1.807) is 42.5 Å². The molecule has 0 unspecified atom stereocenters. The molecule has 0 atom stereocenters. The summed E-state index contributed by atoms with van der Waals surface area (Å²) in [4.78, 5) is 30.2. The number of methoxy groups -OCH3 is 2. The number of nitrogens with one attached hydrogen (secondary N) is 1. The number of benzene rings is 2. The van der Waals surface area contributed by atoms with Gasteiger partial charge in [0.15, 0.2) is 11.5 Å². The number of anilines is 1. The molecule has 10 heteroatoms. The van der Waals surface area contributed by atoms with E-state index in [4.69, 9.17) is 14.2 Å². The molecule has 2 aromatic heterocycles. The average molecular weight is 479 g/mol. The molecule has 1 N–H and O–H groups in total. The standard InChI is InChI=1S/C24H22N4O5S/c1-31-19-9-8-15(10-20(19)32-2)22(30)25-16-4-3-5-18(11-16)33-13-17-12-21(29)28-24(26-17)34-23(27-28)14-6-7-14/h3-5,8-12,14H,6-7,13H2,1-2H3,(H,25,30). The van der Waals surface area contributed by atoms with Crippen LogP contribution >= 0.6 is 11.3 Å². The van der Waals surface area contributed by atoms with Gasteiger partial charge in [0.05, 0.1) is 19.9 Å². The summed E-state index contributed by atoms with van der Waals surface area (Å²) in [6.45, 7) is 0.121. The van der Waals surface area contributed by atoms with Crippen LogP contribution in [-0.4, -0.2) is 34.7 Å². The number of aromatic nitrogens is 3. The van der Waals surface area contributed by atoms with Crippen LogP contribution in [0.15, 0.2) is 53.3 Å². The molecule has 2 heterocycles. The second-order valence-corrected chi connectivity index (χ2v) is 8.82. The number of fused-ring (bicyclic) bond motifs is 1. The molecule has 0 radical (unpaired) electrons. The molecule has 2 aromatic carbocycles. The van der Waals surface area contributed by atoms with Crippen molar-refractivity contribution in [2.24, 2.45) is 0 Å². The second-order valence-electron chi connectivity index (χ2n) is 7.84. The highest BCUT2D eigenvalue weighted by Gasteiger charge is 2.28. The lowest BCUT2D eigenvalue weighted by Gasteiger charge is -2.11.